The maximum absolute atomic E-state index is 12.3. The van der Waals surface area contributed by atoms with Crippen LogP contribution >= 0.6 is 0 Å². The molecule has 0 atom stereocenters. The summed E-state index contributed by atoms with van der Waals surface area (Å²) in [6, 6.07) is 7.12. The highest BCUT2D eigenvalue weighted by Gasteiger charge is 2.41. The molecule has 7 nitrogen and oxygen atoms in total. The Morgan fingerprint density at radius 2 is 1.60 bits per heavy atom. The number of piperazine rings is 1. The number of benzene rings is 1. The lowest BCUT2D eigenvalue weighted by Gasteiger charge is -2.34. The second kappa shape index (κ2) is 7.61. The van der Waals surface area contributed by atoms with Crippen LogP contribution in [0.1, 0.15) is 19.8 Å². The number of nitrogens with zero attached hydrogens (tertiary/aromatic N) is 2. The molecule has 8 heteroatoms. The van der Waals surface area contributed by atoms with Crippen molar-refractivity contribution in [1.82, 2.24) is 9.21 Å². The number of carbonyl (C=O) groups is 1. The number of sulfonamides is 1. The Morgan fingerprint density at radius 3 is 2.12 bits per heavy atom. The van der Waals surface area contributed by atoms with Crippen LogP contribution in [0.15, 0.2) is 24.3 Å². The van der Waals surface area contributed by atoms with E-state index in [-0.39, 0.29) is 17.8 Å². The fraction of sp³-hybridized carbons (Fsp3) is 0.588. The molecule has 1 aliphatic heterocycles. The van der Waals surface area contributed by atoms with Gasteiger partial charge in [-0.3, -0.25) is 4.79 Å². The highest BCUT2D eigenvalue weighted by molar-refractivity contribution is 7.90. The van der Waals surface area contributed by atoms with Crippen molar-refractivity contribution in [2.24, 2.45) is 0 Å². The topological polar surface area (TPSA) is 76.2 Å². The summed E-state index contributed by atoms with van der Waals surface area (Å²) in [6.45, 7) is 4.03. The van der Waals surface area contributed by atoms with Gasteiger partial charge in [-0.2, -0.15) is 4.31 Å². The number of carbonyl (C=O) groups excluding carboxylic acids is 1. The summed E-state index contributed by atoms with van der Waals surface area (Å²) in [4.78, 5) is 13.9. The van der Waals surface area contributed by atoms with Crippen LogP contribution in [0.3, 0.4) is 0 Å². The Bertz CT molecular complexity index is 692. The van der Waals surface area contributed by atoms with Crippen molar-refractivity contribution in [3.05, 3.63) is 24.3 Å². The van der Waals surface area contributed by atoms with Gasteiger partial charge in [0.2, 0.25) is 10.0 Å². The molecule has 1 amide bonds. The number of hydrogen-bond acceptors (Lipinski definition) is 5. The Kier molecular flexibility index (Phi) is 5.48. The van der Waals surface area contributed by atoms with Gasteiger partial charge in [-0.1, -0.05) is 0 Å². The molecular weight excluding hydrogens is 344 g/mol. The normalized spacial score (nSPS) is 18.8. The van der Waals surface area contributed by atoms with Gasteiger partial charge >= 0.3 is 0 Å². The number of ether oxygens (including phenoxy) is 2. The first-order valence-electron chi connectivity index (χ1n) is 8.63. The molecule has 1 aromatic carbocycles. The number of rotatable bonds is 7. The summed E-state index contributed by atoms with van der Waals surface area (Å²) in [6.07, 6.45) is 1.52. The zero-order valence-corrected chi connectivity index (χ0v) is 15.2. The lowest BCUT2D eigenvalue weighted by Crippen LogP contribution is -2.52. The van der Waals surface area contributed by atoms with Crippen LogP contribution in [0.2, 0.25) is 0 Å². The highest BCUT2D eigenvalue weighted by Crippen LogP contribution is 2.31. The molecule has 1 aromatic rings. The third-order valence-corrected chi connectivity index (χ3v) is 6.79. The maximum atomic E-state index is 12.3. The number of hydrogen-bond donors (Lipinski definition) is 0. The van der Waals surface area contributed by atoms with Gasteiger partial charge in [0, 0.05) is 26.2 Å². The predicted octanol–water partition coefficient (Wildman–Crippen LogP) is 1.10. The molecule has 1 aliphatic carbocycles. The summed E-state index contributed by atoms with van der Waals surface area (Å²) in [5.41, 5.74) is 0. The zero-order valence-electron chi connectivity index (χ0n) is 14.4. The quantitative estimate of drug-likeness (QED) is 0.720. The molecule has 0 bridgehead atoms. The lowest BCUT2D eigenvalue weighted by molar-refractivity contribution is -0.134. The smallest absolute Gasteiger partial charge is 0.260 e. The van der Waals surface area contributed by atoms with Gasteiger partial charge in [-0.15, -0.1) is 0 Å². The van der Waals surface area contributed by atoms with Crippen LogP contribution < -0.4 is 9.47 Å². The van der Waals surface area contributed by atoms with Crippen molar-refractivity contribution in [1.29, 1.82) is 0 Å². The second-order valence-electron chi connectivity index (χ2n) is 6.22. The summed E-state index contributed by atoms with van der Waals surface area (Å²) in [7, 11) is -3.15. The minimum atomic E-state index is -3.15. The molecule has 1 saturated carbocycles. The molecule has 138 valence electrons. The van der Waals surface area contributed by atoms with Crippen LogP contribution in [-0.2, 0) is 14.8 Å². The van der Waals surface area contributed by atoms with E-state index < -0.39 is 10.0 Å². The highest BCUT2D eigenvalue weighted by atomic mass is 32.2. The van der Waals surface area contributed by atoms with Crippen molar-refractivity contribution in [2.45, 2.75) is 25.0 Å². The third kappa shape index (κ3) is 4.43. The predicted molar refractivity (Wildman–Crippen MR) is 93.2 cm³/mol. The molecular formula is C17H24N2O5S. The molecule has 1 saturated heterocycles. The largest absolute Gasteiger partial charge is 0.494 e. The van der Waals surface area contributed by atoms with Gasteiger partial charge in [-0.25, -0.2) is 8.42 Å². The van der Waals surface area contributed by atoms with Gasteiger partial charge in [0.05, 0.1) is 11.9 Å². The van der Waals surface area contributed by atoms with E-state index in [9.17, 15) is 13.2 Å². The molecule has 1 heterocycles. The molecule has 0 unspecified atom stereocenters. The van der Waals surface area contributed by atoms with E-state index in [4.69, 9.17) is 9.47 Å². The number of amides is 1. The monoisotopic (exact) mass is 368 g/mol. The SMILES string of the molecule is CCOc1ccc(OCC(=O)N2CCN(S(=O)(=O)C3CC3)CC2)cc1. The molecule has 2 fully saturated rings. The zero-order chi connectivity index (χ0) is 17.9. The Hall–Kier alpha value is -1.80. The van der Waals surface area contributed by atoms with Gasteiger partial charge < -0.3 is 14.4 Å². The van der Waals surface area contributed by atoms with Crippen LogP contribution in [0, 0.1) is 0 Å². The summed E-state index contributed by atoms with van der Waals surface area (Å²) in [5.74, 6) is 1.23. The Morgan fingerprint density at radius 1 is 1.04 bits per heavy atom. The van der Waals surface area contributed by atoms with E-state index in [1.54, 1.807) is 29.2 Å². The third-order valence-electron chi connectivity index (χ3n) is 4.39. The summed E-state index contributed by atoms with van der Waals surface area (Å²) in [5, 5.41) is -0.197. The first-order chi connectivity index (χ1) is 12.0. The van der Waals surface area contributed by atoms with E-state index in [1.807, 2.05) is 6.92 Å². The summed E-state index contributed by atoms with van der Waals surface area (Å²) >= 11 is 0. The summed E-state index contributed by atoms with van der Waals surface area (Å²) < 4.78 is 36.8. The van der Waals surface area contributed by atoms with Crippen molar-refractivity contribution in [2.75, 3.05) is 39.4 Å². The molecule has 0 aromatic heterocycles. The van der Waals surface area contributed by atoms with Crippen LogP contribution in [0.4, 0.5) is 0 Å². The van der Waals surface area contributed by atoms with Crippen molar-refractivity contribution in [3.8, 4) is 11.5 Å². The molecule has 2 aliphatic rings. The first kappa shape index (κ1) is 18.0. The Labute approximate surface area is 148 Å². The van der Waals surface area contributed by atoms with Crippen LogP contribution in [-0.4, -0.2) is 68.2 Å². The molecule has 3 rings (SSSR count). The van der Waals surface area contributed by atoms with Crippen molar-refractivity contribution in [3.63, 3.8) is 0 Å². The fourth-order valence-corrected chi connectivity index (χ4v) is 4.63. The molecule has 0 radical (unpaired) electrons. The van der Waals surface area contributed by atoms with E-state index in [1.165, 1.54) is 4.31 Å². The van der Waals surface area contributed by atoms with Crippen LogP contribution in [0.5, 0.6) is 11.5 Å². The van der Waals surface area contributed by atoms with Gasteiger partial charge in [-0.05, 0) is 44.0 Å². The van der Waals surface area contributed by atoms with Crippen LogP contribution in [0.25, 0.3) is 0 Å². The van der Waals surface area contributed by atoms with Gasteiger partial charge in [0.1, 0.15) is 11.5 Å². The van der Waals surface area contributed by atoms with E-state index in [2.05, 4.69) is 0 Å². The maximum Gasteiger partial charge on any atom is 0.260 e. The molecule has 25 heavy (non-hydrogen) atoms. The average Bonchev–Trinajstić information content (AvgIpc) is 3.47. The van der Waals surface area contributed by atoms with E-state index in [0.717, 1.165) is 18.6 Å². The lowest BCUT2D eigenvalue weighted by atomic mass is 10.3. The standard InChI is InChI=1S/C17H24N2O5S/c1-2-23-14-3-5-15(6-4-14)24-13-17(20)18-9-11-19(12-10-18)25(21,22)16-7-8-16/h3-6,16H,2,7-13H2,1H3. The molecule has 0 spiro atoms. The minimum absolute atomic E-state index is 0.0522. The van der Waals surface area contributed by atoms with Crippen molar-refractivity contribution >= 4 is 15.9 Å². The van der Waals surface area contributed by atoms with Gasteiger partial charge in [0.25, 0.3) is 5.91 Å². The van der Waals surface area contributed by atoms with E-state index >= 15 is 0 Å². The average molecular weight is 368 g/mol. The van der Waals surface area contributed by atoms with Crippen molar-refractivity contribution < 1.29 is 22.7 Å². The Balaban J connectivity index is 1.45. The molecule has 0 N–H and O–H groups in total. The first-order valence-corrected chi connectivity index (χ1v) is 10.1. The van der Waals surface area contributed by atoms with Gasteiger partial charge in [0.15, 0.2) is 6.61 Å². The van der Waals surface area contributed by atoms with E-state index in [0.29, 0.717) is 38.5 Å². The fourth-order valence-electron chi connectivity index (χ4n) is 2.80. The minimum Gasteiger partial charge on any atom is -0.494 e. The second-order valence-corrected chi connectivity index (χ2v) is 8.43.